The van der Waals surface area contributed by atoms with Crippen LogP contribution in [0.25, 0.3) is 21.1 Å². The Bertz CT molecular complexity index is 1160. The molecule has 4 aromatic rings. The van der Waals surface area contributed by atoms with Crippen LogP contribution in [0.1, 0.15) is 5.69 Å². The highest BCUT2D eigenvalue weighted by atomic mass is 32.1. The van der Waals surface area contributed by atoms with E-state index in [-0.39, 0.29) is 5.56 Å². The molecule has 0 saturated heterocycles. The topological polar surface area (TPSA) is 65.8 Å². The third kappa shape index (κ3) is 2.90. The molecule has 25 heavy (non-hydrogen) atoms. The average Bonchev–Trinajstić information content (AvgIpc) is 3.32. The van der Waals surface area contributed by atoms with Gasteiger partial charge in [-0.3, -0.25) is 9.36 Å². The first-order valence-corrected chi connectivity index (χ1v) is 9.46. The summed E-state index contributed by atoms with van der Waals surface area (Å²) >= 11 is 8.14. The van der Waals surface area contributed by atoms with Gasteiger partial charge in [-0.1, -0.05) is 23.5 Å². The summed E-state index contributed by atoms with van der Waals surface area (Å²) in [5.74, 6) is 0.555. The van der Waals surface area contributed by atoms with E-state index in [1.165, 1.54) is 22.2 Å². The Labute approximate surface area is 155 Å². The van der Waals surface area contributed by atoms with Crippen LogP contribution < -0.4 is 5.56 Å². The van der Waals surface area contributed by atoms with Crippen molar-refractivity contribution >= 4 is 45.2 Å². The van der Waals surface area contributed by atoms with Crippen LogP contribution in [0.2, 0.25) is 0 Å². The summed E-state index contributed by atoms with van der Waals surface area (Å²) in [4.78, 5) is 22.5. The van der Waals surface area contributed by atoms with E-state index in [1.54, 1.807) is 28.2 Å². The minimum Gasteiger partial charge on any atom is -0.443 e. The molecular weight excluding hydrogens is 376 g/mol. The highest BCUT2D eigenvalue weighted by Gasteiger charge is 2.13. The molecule has 4 rings (SSSR count). The molecule has 0 radical (unpaired) electrons. The van der Waals surface area contributed by atoms with E-state index in [4.69, 9.17) is 16.6 Å². The van der Waals surface area contributed by atoms with Crippen molar-refractivity contribution in [3.05, 3.63) is 62.8 Å². The molecule has 0 aliphatic carbocycles. The van der Waals surface area contributed by atoms with E-state index in [0.29, 0.717) is 39.0 Å². The van der Waals surface area contributed by atoms with Gasteiger partial charge in [0.25, 0.3) is 5.56 Å². The standard InChI is InChI=1S/C16H12N4O2S3/c1-2-5-20-13-12(25-16(20)23)15(21)19(9-17-13)7-10-8-22-14(18-10)11-4-3-6-24-11/h2-4,6,8-9H,1,5,7H2. The summed E-state index contributed by atoms with van der Waals surface area (Å²) < 4.78 is 9.97. The second-order valence-electron chi connectivity index (χ2n) is 5.22. The molecule has 126 valence electrons. The number of aromatic nitrogens is 4. The summed E-state index contributed by atoms with van der Waals surface area (Å²) in [6.07, 6.45) is 4.82. The van der Waals surface area contributed by atoms with Crippen LogP contribution in [0.3, 0.4) is 0 Å². The summed E-state index contributed by atoms with van der Waals surface area (Å²) in [6, 6.07) is 3.88. The van der Waals surface area contributed by atoms with Gasteiger partial charge in [0.2, 0.25) is 5.89 Å². The van der Waals surface area contributed by atoms with Gasteiger partial charge >= 0.3 is 0 Å². The predicted octanol–water partition coefficient (Wildman–Crippen LogP) is 3.94. The molecule has 9 heteroatoms. The Morgan fingerprint density at radius 2 is 2.32 bits per heavy atom. The first-order valence-electron chi connectivity index (χ1n) is 7.35. The molecule has 0 aliphatic rings. The van der Waals surface area contributed by atoms with Crippen LogP contribution in [0.4, 0.5) is 0 Å². The van der Waals surface area contributed by atoms with Crippen molar-refractivity contribution in [2.45, 2.75) is 13.1 Å². The average molecular weight is 388 g/mol. The van der Waals surface area contributed by atoms with Crippen LogP contribution in [0.5, 0.6) is 0 Å². The lowest BCUT2D eigenvalue weighted by molar-refractivity contribution is 0.572. The van der Waals surface area contributed by atoms with Crippen molar-refractivity contribution in [3.63, 3.8) is 0 Å². The molecule has 6 nitrogen and oxygen atoms in total. The largest absolute Gasteiger partial charge is 0.443 e. The van der Waals surface area contributed by atoms with E-state index in [0.717, 1.165) is 4.88 Å². The highest BCUT2D eigenvalue weighted by molar-refractivity contribution is 7.73. The van der Waals surface area contributed by atoms with E-state index >= 15 is 0 Å². The van der Waals surface area contributed by atoms with Crippen molar-refractivity contribution in [2.24, 2.45) is 0 Å². The van der Waals surface area contributed by atoms with Gasteiger partial charge in [-0.15, -0.1) is 17.9 Å². The number of nitrogens with zero attached hydrogens (tertiary/aromatic N) is 4. The monoisotopic (exact) mass is 388 g/mol. The fourth-order valence-corrected chi connectivity index (χ4v) is 4.41. The van der Waals surface area contributed by atoms with Crippen molar-refractivity contribution in [3.8, 4) is 10.8 Å². The van der Waals surface area contributed by atoms with Crippen LogP contribution in [0.15, 0.2) is 52.0 Å². The van der Waals surface area contributed by atoms with Crippen molar-refractivity contribution in [2.75, 3.05) is 0 Å². The second-order valence-corrected chi connectivity index (χ2v) is 7.81. The highest BCUT2D eigenvalue weighted by Crippen LogP contribution is 2.24. The van der Waals surface area contributed by atoms with Gasteiger partial charge in [0.05, 0.1) is 17.1 Å². The summed E-state index contributed by atoms with van der Waals surface area (Å²) in [5.41, 5.74) is 1.13. The second kappa shape index (κ2) is 6.51. The summed E-state index contributed by atoms with van der Waals surface area (Å²) in [6.45, 7) is 4.54. The molecule has 0 saturated carbocycles. The number of thiazole rings is 1. The van der Waals surface area contributed by atoms with Crippen LogP contribution in [-0.4, -0.2) is 19.1 Å². The Balaban J connectivity index is 1.71. The van der Waals surface area contributed by atoms with Crippen molar-refractivity contribution in [1.29, 1.82) is 0 Å². The maximum Gasteiger partial charge on any atom is 0.273 e. The van der Waals surface area contributed by atoms with E-state index in [9.17, 15) is 4.79 Å². The van der Waals surface area contributed by atoms with E-state index < -0.39 is 0 Å². The fraction of sp³-hybridized carbons (Fsp3) is 0.125. The molecule has 4 heterocycles. The first-order chi connectivity index (χ1) is 12.2. The molecule has 0 atom stereocenters. The van der Waals surface area contributed by atoms with Crippen LogP contribution in [0, 0.1) is 3.95 Å². The molecular formula is C16H12N4O2S3. The lowest BCUT2D eigenvalue weighted by Crippen LogP contribution is -2.21. The number of fused-ring (bicyclic) bond motifs is 1. The number of hydrogen-bond acceptors (Lipinski definition) is 7. The first kappa shape index (κ1) is 16.1. The number of oxazole rings is 1. The number of hydrogen-bond donors (Lipinski definition) is 0. The Morgan fingerprint density at radius 3 is 3.08 bits per heavy atom. The quantitative estimate of drug-likeness (QED) is 0.383. The molecule has 0 bridgehead atoms. The minimum absolute atomic E-state index is 0.135. The molecule has 0 unspecified atom stereocenters. The zero-order chi connectivity index (χ0) is 17.4. The summed E-state index contributed by atoms with van der Waals surface area (Å²) in [5, 5.41) is 1.96. The van der Waals surface area contributed by atoms with Gasteiger partial charge in [0, 0.05) is 6.54 Å². The van der Waals surface area contributed by atoms with Gasteiger partial charge in [-0.05, 0) is 23.7 Å². The Kier molecular flexibility index (Phi) is 4.20. The summed E-state index contributed by atoms with van der Waals surface area (Å²) in [7, 11) is 0. The smallest absolute Gasteiger partial charge is 0.273 e. The third-order valence-corrected chi connectivity index (χ3v) is 5.86. The molecule has 0 N–H and O–H groups in total. The molecule has 0 amide bonds. The van der Waals surface area contributed by atoms with Crippen LogP contribution >= 0.6 is 34.9 Å². The van der Waals surface area contributed by atoms with E-state index in [1.807, 2.05) is 17.5 Å². The lowest BCUT2D eigenvalue weighted by Gasteiger charge is -2.03. The molecule has 0 spiro atoms. The number of rotatable bonds is 5. The van der Waals surface area contributed by atoms with Crippen molar-refractivity contribution in [1.82, 2.24) is 19.1 Å². The van der Waals surface area contributed by atoms with Gasteiger partial charge in [0.1, 0.15) is 17.3 Å². The maximum absolute atomic E-state index is 12.7. The zero-order valence-electron chi connectivity index (χ0n) is 12.9. The van der Waals surface area contributed by atoms with Gasteiger partial charge in [-0.2, -0.15) is 0 Å². The Hall–Kier alpha value is -2.36. The zero-order valence-corrected chi connectivity index (χ0v) is 15.4. The van der Waals surface area contributed by atoms with Crippen LogP contribution in [-0.2, 0) is 13.1 Å². The molecule has 0 fully saturated rings. The number of allylic oxidation sites excluding steroid dienone is 1. The Morgan fingerprint density at radius 1 is 1.44 bits per heavy atom. The van der Waals surface area contributed by atoms with E-state index in [2.05, 4.69) is 16.5 Å². The lowest BCUT2D eigenvalue weighted by atomic mass is 10.4. The predicted molar refractivity (Wildman–Crippen MR) is 102 cm³/mol. The fourth-order valence-electron chi connectivity index (χ4n) is 2.44. The normalized spacial score (nSPS) is 11.2. The number of thiophene rings is 1. The van der Waals surface area contributed by atoms with Gasteiger partial charge in [-0.25, -0.2) is 9.97 Å². The maximum atomic E-state index is 12.7. The van der Waals surface area contributed by atoms with Gasteiger partial charge < -0.3 is 8.98 Å². The minimum atomic E-state index is -0.135. The molecule has 0 aliphatic heterocycles. The molecule has 0 aromatic carbocycles. The van der Waals surface area contributed by atoms with Gasteiger partial charge in [0.15, 0.2) is 9.60 Å². The molecule has 4 aromatic heterocycles. The van der Waals surface area contributed by atoms with Crippen molar-refractivity contribution < 1.29 is 4.42 Å². The SMILES string of the molecule is C=CCn1c(=S)sc2c(=O)n(Cc3coc(-c4cccs4)n3)cnc21. The third-order valence-electron chi connectivity index (χ3n) is 3.57.